The molecule has 0 amide bonds. The van der Waals surface area contributed by atoms with E-state index in [0.29, 0.717) is 19.1 Å². The number of aryl methyl sites for hydroxylation is 1. The van der Waals surface area contributed by atoms with Gasteiger partial charge in [0.1, 0.15) is 11.6 Å². The van der Waals surface area contributed by atoms with Gasteiger partial charge < -0.3 is 9.64 Å². The summed E-state index contributed by atoms with van der Waals surface area (Å²) in [6.07, 6.45) is 0.798. The molecular formula is C16H25N3O2. The lowest BCUT2D eigenvalue weighted by Gasteiger charge is -2.23. The van der Waals surface area contributed by atoms with Crippen LogP contribution in [0.15, 0.2) is 6.07 Å². The van der Waals surface area contributed by atoms with E-state index in [4.69, 9.17) is 4.74 Å². The predicted molar refractivity (Wildman–Crippen MR) is 82.4 cm³/mol. The van der Waals surface area contributed by atoms with Crippen molar-refractivity contribution in [3.63, 3.8) is 0 Å². The number of carbonyl (C=O) groups is 1. The van der Waals surface area contributed by atoms with Crippen LogP contribution in [0.25, 0.3) is 0 Å². The van der Waals surface area contributed by atoms with E-state index in [1.807, 2.05) is 26.8 Å². The van der Waals surface area contributed by atoms with Crippen LogP contribution in [0.3, 0.4) is 0 Å². The maximum atomic E-state index is 12.1. The highest BCUT2D eigenvalue weighted by Crippen LogP contribution is 2.34. The van der Waals surface area contributed by atoms with E-state index in [0.717, 1.165) is 30.3 Å². The van der Waals surface area contributed by atoms with E-state index in [9.17, 15) is 4.79 Å². The molecular weight excluding hydrogens is 266 g/mol. The third kappa shape index (κ3) is 3.34. The van der Waals surface area contributed by atoms with Crippen molar-refractivity contribution in [1.82, 2.24) is 9.97 Å². The summed E-state index contributed by atoms with van der Waals surface area (Å²) in [6.45, 7) is 11.9. The minimum absolute atomic E-state index is 0.109. The van der Waals surface area contributed by atoms with Gasteiger partial charge in [-0.15, -0.1) is 0 Å². The van der Waals surface area contributed by atoms with E-state index in [2.05, 4.69) is 28.7 Å². The minimum Gasteiger partial charge on any atom is -0.466 e. The average Bonchev–Trinajstić information content (AvgIpc) is 2.82. The van der Waals surface area contributed by atoms with Crippen LogP contribution in [0.5, 0.6) is 0 Å². The van der Waals surface area contributed by atoms with Crippen LogP contribution >= 0.6 is 0 Å². The number of aromatic nitrogens is 2. The lowest BCUT2D eigenvalue weighted by atomic mass is 9.90. The van der Waals surface area contributed by atoms with Crippen molar-refractivity contribution in [1.29, 1.82) is 0 Å². The molecule has 1 aromatic rings. The molecule has 0 saturated carbocycles. The lowest BCUT2D eigenvalue weighted by molar-refractivity contribution is -0.153. The van der Waals surface area contributed by atoms with Crippen molar-refractivity contribution in [3.05, 3.63) is 17.6 Å². The Hall–Kier alpha value is -1.65. The summed E-state index contributed by atoms with van der Waals surface area (Å²) < 4.78 is 5.20. The fourth-order valence-electron chi connectivity index (χ4n) is 2.62. The minimum atomic E-state index is -0.438. The van der Waals surface area contributed by atoms with Crippen LogP contribution in [-0.2, 0) is 9.53 Å². The summed E-state index contributed by atoms with van der Waals surface area (Å²) >= 11 is 0. The standard InChI is InChI=1S/C16H25N3O2/c1-6-21-15(20)16(5)7-8-19(10-16)13-9-12(4)17-14(18-13)11(2)3/h9,11H,6-8,10H2,1-5H3. The maximum Gasteiger partial charge on any atom is 0.313 e. The Labute approximate surface area is 126 Å². The van der Waals surface area contributed by atoms with Crippen LogP contribution in [0, 0.1) is 12.3 Å². The van der Waals surface area contributed by atoms with E-state index < -0.39 is 5.41 Å². The van der Waals surface area contributed by atoms with Gasteiger partial charge in [-0.2, -0.15) is 0 Å². The number of hydrogen-bond donors (Lipinski definition) is 0. The van der Waals surface area contributed by atoms with E-state index in [1.54, 1.807) is 0 Å². The zero-order chi connectivity index (χ0) is 15.6. The lowest BCUT2D eigenvalue weighted by Crippen LogP contribution is -2.34. The Morgan fingerprint density at radius 1 is 1.48 bits per heavy atom. The Balaban J connectivity index is 2.20. The first-order valence-electron chi connectivity index (χ1n) is 7.63. The van der Waals surface area contributed by atoms with Crippen LogP contribution in [0.4, 0.5) is 5.82 Å². The molecule has 2 rings (SSSR count). The quantitative estimate of drug-likeness (QED) is 0.798. The van der Waals surface area contributed by atoms with Gasteiger partial charge in [0.05, 0.1) is 12.0 Å². The van der Waals surface area contributed by atoms with Gasteiger partial charge >= 0.3 is 5.97 Å². The molecule has 0 spiro atoms. The van der Waals surface area contributed by atoms with Gasteiger partial charge in [0.15, 0.2) is 0 Å². The molecule has 21 heavy (non-hydrogen) atoms. The van der Waals surface area contributed by atoms with Crippen LogP contribution in [-0.4, -0.2) is 35.6 Å². The highest BCUT2D eigenvalue weighted by atomic mass is 16.5. The molecule has 1 saturated heterocycles. The smallest absolute Gasteiger partial charge is 0.313 e. The first kappa shape index (κ1) is 15.7. The fraction of sp³-hybridized carbons (Fsp3) is 0.688. The number of nitrogens with zero attached hydrogens (tertiary/aromatic N) is 3. The van der Waals surface area contributed by atoms with Crippen molar-refractivity contribution < 1.29 is 9.53 Å². The summed E-state index contributed by atoms with van der Waals surface area (Å²) in [7, 11) is 0. The van der Waals surface area contributed by atoms with Gasteiger partial charge in [-0.05, 0) is 27.2 Å². The topological polar surface area (TPSA) is 55.3 Å². The Morgan fingerprint density at radius 3 is 2.81 bits per heavy atom. The average molecular weight is 291 g/mol. The fourth-order valence-corrected chi connectivity index (χ4v) is 2.62. The number of carbonyl (C=O) groups excluding carboxylic acids is 1. The number of anilines is 1. The first-order valence-corrected chi connectivity index (χ1v) is 7.63. The monoisotopic (exact) mass is 291 g/mol. The molecule has 1 aliphatic heterocycles. The molecule has 0 N–H and O–H groups in total. The largest absolute Gasteiger partial charge is 0.466 e. The summed E-state index contributed by atoms with van der Waals surface area (Å²) in [5.41, 5.74) is 0.529. The molecule has 116 valence electrons. The summed E-state index contributed by atoms with van der Waals surface area (Å²) in [5.74, 6) is 1.96. The molecule has 1 unspecified atom stereocenters. The molecule has 1 atom stereocenters. The normalized spacial score (nSPS) is 21.9. The Bertz CT molecular complexity index is 530. The van der Waals surface area contributed by atoms with Crippen LogP contribution in [0.1, 0.15) is 51.6 Å². The van der Waals surface area contributed by atoms with Crippen molar-refractivity contribution >= 4 is 11.8 Å². The number of rotatable bonds is 4. The third-order valence-electron chi connectivity index (χ3n) is 3.94. The number of esters is 1. The van der Waals surface area contributed by atoms with Crippen molar-refractivity contribution in [3.8, 4) is 0 Å². The van der Waals surface area contributed by atoms with Crippen molar-refractivity contribution in [2.75, 3.05) is 24.6 Å². The first-order chi connectivity index (χ1) is 9.85. The highest BCUT2D eigenvalue weighted by molar-refractivity contribution is 5.78. The van der Waals surface area contributed by atoms with Gasteiger partial charge in [0.2, 0.25) is 0 Å². The molecule has 1 aliphatic rings. The molecule has 1 aromatic heterocycles. The molecule has 5 heteroatoms. The second kappa shape index (κ2) is 6.00. The SMILES string of the molecule is CCOC(=O)C1(C)CCN(c2cc(C)nc(C(C)C)n2)C1. The summed E-state index contributed by atoms with van der Waals surface area (Å²) in [5, 5.41) is 0. The Morgan fingerprint density at radius 2 is 2.19 bits per heavy atom. The molecule has 2 heterocycles. The maximum absolute atomic E-state index is 12.1. The zero-order valence-electron chi connectivity index (χ0n) is 13.6. The zero-order valence-corrected chi connectivity index (χ0v) is 13.6. The highest BCUT2D eigenvalue weighted by Gasteiger charge is 2.42. The molecule has 5 nitrogen and oxygen atoms in total. The van der Waals surface area contributed by atoms with Gasteiger partial charge in [0, 0.05) is 30.8 Å². The van der Waals surface area contributed by atoms with Gasteiger partial charge in [-0.1, -0.05) is 13.8 Å². The number of ether oxygens (including phenoxy) is 1. The van der Waals surface area contributed by atoms with Crippen LogP contribution in [0.2, 0.25) is 0 Å². The van der Waals surface area contributed by atoms with E-state index in [1.165, 1.54) is 0 Å². The molecule has 0 radical (unpaired) electrons. The van der Waals surface area contributed by atoms with Gasteiger partial charge in [-0.3, -0.25) is 4.79 Å². The summed E-state index contributed by atoms with van der Waals surface area (Å²) in [6, 6.07) is 1.99. The van der Waals surface area contributed by atoms with Crippen molar-refractivity contribution in [2.24, 2.45) is 5.41 Å². The molecule has 0 aliphatic carbocycles. The molecule has 0 bridgehead atoms. The second-order valence-electron chi connectivity index (χ2n) is 6.33. The third-order valence-corrected chi connectivity index (χ3v) is 3.94. The summed E-state index contributed by atoms with van der Waals surface area (Å²) in [4.78, 5) is 23.4. The van der Waals surface area contributed by atoms with Crippen LogP contribution < -0.4 is 4.90 Å². The van der Waals surface area contributed by atoms with Crippen molar-refractivity contribution in [2.45, 2.75) is 47.0 Å². The number of hydrogen-bond acceptors (Lipinski definition) is 5. The Kier molecular flexibility index (Phi) is 4.49. The molecule has 1 fully saturated rings. The molecule has 0 aromatic carbocycles. The predicted octanol–water partition coefficient (Wildman–Crippen LogP) is 2.69. The van der Waals surface area contributed by atoms with Gasteiger partial charge in [0.25, 0.3) is 0 Å². The van der Waals surface area contributed by atoms with E-state index in [-0.39, 0.29) is 5.97 Å². The second-order valence-corrected chi connectivity index (χ2v) is 6.33. The van der Waals surface area contributed by atoms with Gasteiger partial charge in [-0.25, -0.2) is 9.97 Å². The van der Waals surface area contributed by atoms with E-state index >= 15 is 0 Å².